The summed E-state index contributed by atoms with van der Waals surface area (Å²) in [7, 11) is 2.91. The number of rotatable bonds is 10. The highest BCUT2D eigenvalue weighted by molar-refractivity contribution is 6.17. The molecule has 0 saturated heterocycles. The summed E-state index contributed by atoms with van der Waals surface area (Å²) < 4.78 is 10.1. The van der Waals surface area contributed by atoms with Gasteiger partial charge in [0.1, 0.15) is 5.70 Å². The molecule has 0 aliphatic carbocycles. The predicted molar refractivity (Wildman–Crippen MR) is 118 cm³/mol. The molecule has 0 bridgehead atoms. The fourth-order valence-electron chi connectivity index (χ4n) is 2.49. The minimum Gasteiger partial charge on any atom is -0.354 e. The van der Waals surface area contributed by atoms with Gasteiger partial charge in [-0.1, -0.05) is 41.5 Å². The van der Waals surface area contributed by atoms with Crippen LogP contribution in [-0.2, 0) is 20.1 Å². The molecule has 0 saturated carbocycles. The van der Waals surface area contributed by atoms with E-state index in [-0.39, 0.29) is 12.2 Å². The lowest BCUT2D eigenvalue weighted by atomic mass is 10.1. The molecule has 0 unspecified atom stereocenters. The van der Waals surface area contributed by atoms with Crippen LogP contribution < -0.4 is 10.6 Å². The molecule has 0 radical (unpaired) electrons. The Bertz CT molecular complexity index is 966. The molecule has 10 heteroatoms. The molecule has 0 aliphatic heterocycles. The highest BCUT2D eigenvalue weighted by atomic mass is 35.5. The van der Waals surface area contributed by atoms with E-state index in [0.717, 1.165) is 5.56 Å². The van der Waals surface area contributed by atoms with E-state index in [1.165, 1.54) is 20.3 Å². The Hall–Kier alpha value is -3.36. The van der Waals surface area contributed by atoms with Gasteiger partial charge in [0.25, 0.3) is 11.8 Å². The van der Waals surface area contributed by atoms with Crippen molar-refractivity contribution in [2.24, 2.45) is 5.11 Å². The monoisotopic (exact) mass is 443 g/mol. The van der Waals surface area contributed by atoms with E-state index in [2.05, 4.69) is 20.7 Å². The first-order chi connectivity index (χ1) is 15.0. The molecule has 2 aromatic rings. The van der Waals surface area contributed by atoms with E-state index >= 15 is 0 Å². The lowest BCUT2D eigenvalue weighted by Gasteiger charge is -2.16. The van der Waals surface area contributed by atoms with Gasteiger partial charge in [0.05, 0.1) is 6.54 Å². The van der Waals surface area contributed by atoms with Crippen LogP contribution in [0.5, 0.6) is 0 Å². The number of methoxy groups -OCH3 is 2. The summed E-state index contributed by atoms with van der Waals surface area (Å²) in [6, 6.07) is 13.2. The number of hydrogen-bond donors (Lipinski definition) is 2. The van der Waals surface area contributed by atoms with Gasteiger partial charge in [0.15, 0.2) is 6.29 Å². The van der Waals surface area contributed by atoms with Crippen molar-refractivity contribution < 1.29 is 19.1 Å². The molecule has 2 aromatic carbocycles. The largest absolute Gasteiger partial charge is 0.354 e. The van der Waals surface area contributed by atoms with Crippen molar-refractivity contribution in [3.8, 4) is 0 Å². The maximum atomic E-state index is 12.7. The zero-order valence-electron chi connectivity index (χ0n) is 17.0. The highest BCUT2D eigenvalue weighted by Gasteiger charge is 2.16. The summed E-state index contributed by atoms with van der Waals surface area (Å²) in [5.74, 6) is -0.645. The van der Waals surface area contributed by atoms with E-state index in [9.17, 15) is 9.59 Å². The van der Waals surface area contributed by atoms with Gasteiger partial charge in [-0.2, -0.15) is 0 Å². The van der Waals surface area contributed by atoms with Gasteiger partial charge < -0.3 is 20.1 Å². The average molecular weight is 444 g/mol. The molecule has 0 fully saturated rings. The lowest BCUT2D eigenvalue weighted by molar-refractivity contribution is -0.124. The SMILES string of the molecule is COC(CNC(=O)/C(=C\c1ccc(N=[N+]=[N-])cc1)NC(=O)c1ccc(CCl)cc1)OC. The summed E-state index contributed by atoms with van der Waals surface area (Å²) in [5, 5.41) is 8.79. The minimum atomic E-state index is -0.632. The number of nitrogens with zero attached hydrogens (tertiary/aromatic N) is 3. The summed E-state index contributed by atoms with van der Waals surface area (Å²) in [6.45, 7) is 0.0826. The maximum absolute atomic E-state index is 12.7. The number of benzene rings is 2. The van der Waals surface area contributed by atoms with Crippen LogP contribution in [0, 0.1) is 0 Å². The van der Waals surface area contributed by atoms with Crippen LogP contribution in [0.1, 0.15) is 21.5 Å². The van der Waals surface area contributed by atoms with Crippen LogP contribution in [0.25, 0.3) is 16.5 Å². The molecular formula is C21H22ClN5O4. The molecule has 0 spiro atoms. The molecule has 2 amide bonds. The molecule has 0 heterocycles. The number of alkyl halides is 1. The molecule has 0 aromatic heterocycles. The second-order valence-corrected chi connectivity index (χ2v) is 6.50. The van der Waals surface area contributed by atoms with Crippen molar-refractivity contribution in [3.63, 3.8) is 0 Å². The van der Waals surface area contributed by atoms with Gasteiger partial charge in [-0.05, 0) is 34.9 Å². The standard InChI is InChI=1S/C21H22ClN5O4/c1-30-19(31-2)13-24-21(29)18(11-14-5-9-17(10-6-14)26-27-23)25-20(28)16-7-3-15(12-22)4-8-16/h3-11,19H,12-13H2,1-2H3,(H,24,29)(H,25,28)/b18-11+. The van der Waals surface area contributed by atoms with Crippen molar-refractivity contribution in [1.29, 1.82) is 0 Å². The molecule has 2 N–H and O–H groups in total. The Balaban J connectivity index is 2.25. The minimum absolute atomic E-state index is 0.0221. The van der Waals surface area contributed by atoms with Gasteiger partial charge in [-0.3, -0.25) is 9.59 Å². The molecule has 31 heavy (non-hydrogen) atoms. The van der Waals surface area contributed by atoms with E-state index in [1.54, 1.807) is 48.5 Å². The summed E-state index contributed by atoms with van der Waals surface area (Å²) >= 11 is 5.78. The molecular weight excluding hydrogens is 422 g/mol. The van der Waals surface area contributed by atoms with Crippen LogP contribution in [0.4, 0.5) is 5.69 Å². The van der Waals surface area contributed by atoms with Crippen molar-refractivity contribution in [2.75, 3.05) is 20.8 Å². The van der Waals surface area contributed by atoms with E-state index in [1.807, 2.05) is 0 Å². The Labute approximate surface area is 184 Å². The molecule has 0 atom stereocenters. The normalized spacial score (nSPS) is 11.0. The summed E-state index contributed by atoms with van der Waals surface area (Å²) in [4.78, 5) is 28.1. The Morgan fingerprint density at radius 3 is 2.32 bits per heavy atom. The van der Waals surface area contributed by atoms with Crippen molar-refractivity contribution >= 4 is 35.2 Å². The van der Waals surface area contributed by atoms with Crippen LogP contribution in [0.15, 0.2) is 59.3 Å². The second-order valence-electron chi connectivity index (χ2n) is 6.23. The van der Waals surface area contributed by atoms with Crippen molar-refractivity contribution in [1.82, 2.24) is 10.6 Å². The molecule has 2 rings (SSSR count). The molecule has 0 aliphatic rings. The maximum Gasteiger partial charge on any atom is 0.267 e. The fraction of sp³-hybridized carbons (Fsp3) is 0.238. The zero-order chi connectivity index (χ0) is 22.6. The molecule has 162 valence electrons. The summed E-state index contributed by atoms with van der Waals surface area (Å²) in [6.07, 6.45) is 0.876. The lowest BCUT2D eigenvalue weighted by Crippen LogP contribution is -2.39. The van der Waals surface area contributed by atoms with Crippen molar-refractivity contribution in [3.05, 3.63) is 81.4 Å². The third kappa shape index (κ3) is 7.44. The number of hydrogen-bond acceptors (Lipinski definition) is 5. The Morgan fingerprint density at radius 1 is 1.13 bits per heavy atom. The van der Waals surface area contributed by atoms with Crippen LogP contribution in [-0.4, -0.2) is 38.9 Å². The van der Waals surface area contributed by atoms with Crippen LogP contribution in [0.3, 0.4) is 0 Å². The fourth-order valence-corrected chi connectivity index (χ4v) is 2.67. The van der Waals surface area contributed by atoms with E-state index < -0.39 is 18.1 Å². The number of nitrogens with one attached hydrogen (secondary N) is 2. The Morgan fingerprint density at radius 2 is 1.77 bits per heavy atom. The number of azide groups is 1. The zero-order valence-corrected chi connectivity index (χ0v) is 17.8. The van der Waals surface area contributed by atoms with E-state index in [4.69, 9.17) is 26.6 Å². The number of ether oxygens (including phenoxy) is 2. The van der Waals surface area contributed by atoms with Gasteiger partial charge in [-0.25, -0.2) is 0 Å². The average Bonchev–Trinajstić information content (AvgIpc) is 2.80. The van der Waals surface area contributed by atoms with E-state index in [0.29, 0.717) is 22.7 Å². The predicted octanol–water partition coefficient (Wildman–Crippen LogP) is 3.87. The summed E-state index contributed by atoms with van der Waals surface area (Å²) in [5.41, 5.74) is 10.8. The number of amides is 2. The van der Waals surface area contributed by atoms with Gasteiger partial charge in [0.2, 0.25) is 0 Å². The number of carbonyl (C=O) groups is 2. The van der Waals surface area contributed by atoms with Crippen LogP contribution in [0.2, 0.25) is 0 Å². The van der Waals surface area contributed by atoms with Crippen molar-refractivity contribution in [2.45, 2.75) is 12.2 Å². The van der Waals surface area contributed by atoms with Crippen LogP contribution >= 0.6 is 11.6 Å². The van der Waals surface area contributed by atoms with Gasteiger partial charge in [-0.15, -0.1) is 11.6 Å². The highest BCUT2D eigenvalue weighted by Crippen LogP contribution is 2.15. The third-order valence-electron chi connectivity index (χ3n) is 4.18. The number of halogens is 1. The van der Waals surface area contributed by atoms with Gasteiger partial charge in [0, 0.05) is 36.3 Å². The third-order valence-corrected chi connectivity index (χ3v) is 4.49. The first kappa shape index (κ1) is 23.9. The molecule has 9 nitrogen and oxygen atoms in total. The van der Waals surface area contributed by atoms with Gasteiger partial charge >= 0.3 is 0 Å². The smallest absolute Gasteiger partial charge is 0.267 e. The number of carbonyl (C=O) groups excluding carboxylic acids is 2. The topological polar surface area (TPSA) is 125 Å². The second kappa shape index (κ2) is 12.4. The quantitative estimate of drug-likeness (QED) is 0.144. The first-order valence-electron chi connectivity index (χ1n) is 9.17. The Kier molecular flexibility index (Phi) is 9.54. The first-order valence-corrected chi connectivity index (χ1v) is 9.71.